The summed E-state index contributed by atoms with van der Waals surface area (Å²) in [6.45, 7) is 2.06. The first kappa shape index (κ1) is 12.4. The summed E-state index contributed by atoms with van der Waals surface area (Å²) in [5, 5.41) is 1.15. The molecule has 1 aromatic heterocycles. The van der Waals surface area contributed by atoms with E-state index in [0.717, 1.165) is 29.5 Å². The van der Waals surface area contributed by atoms with Crippen LogP contribution in [0.5, 0.6) is 5.75 Å². The van der Waals surface area contributed by atoms with Crippen molar-refractivity contribution in [2.75, 3.05) is 7.11 Å². The highest BCUT2D eigenvalue weighted by Gasteiger charge is 2.21. The molecule has 2 N–H and O–H groups in total. The minimum Gasteiger partial charge on any atom is -0.494 e. The monoisotopic (exact) mass is 256 g/mol. The topological polar surface area (TPSA) is 48.1 Å². The van der Waals surface area contributed by atoms with Gasteiger partial charge in [-0.25, -0.2) is 4.98 Å². The Bertz CT molecular complexity index is 620. The van der Waals surface area contributed by atoms with Gasteiger partial charge in [-0.2, -0.15) is 0 Å². The van der Waals surface area contributed by atoms with Crippen molar-refractivity contribution in [3.05, 3.63) is 35.0 Å². The molecule has 1 aromatic carbocycles. The molecule has 3 nitrogen and oxygen atoms in total. The highest BCUT2D eigenvalue weighted by atomic mass is 16.5. The van der Waals surface area contributed by atoms with Crippen LogP contribution < -0.4 is 10.5 Å². The van der Waals surface area contributed by atoms with Crippen molar-refractivity contribution in [2.24, 2.45) is 5.73 Å². The van der Waals surface area contributed by atoms with Crippen LogP contribution in [0.2, 0.25) is 0 Å². The number of para-hydroxylation sites is 1. The fraction of sp³-hybridized carbons (Fsp3) is 0.438. The lowest BCUT2D eigenvalue weighted by Gasteiger charge is -2.23. The summed E-state index contributed by atoms with van der Waals surface area (Å²) < 4.78 is 5.45. The number of methoxy groups -OCH3 is 1. The Labute approximate surface area is 113 Å². The number of hydrogen-bond donors (Lipinski definition) is 1. The second-order valence-corrected chi connectivity index (χ2v) is 5.30. The van der Waals surface area contributed by atoms with Gasteiger partial charge in [-0.3, -0.25) is 0 Å². The lowest BCUT2D eigenvalue weighted by Crippen LogP contribution is -2.15. The number of hydrogen-bond acceptors (Lipinski definition) is 3. The predicted molar refractivity (Wildman–Crippen MR) is 77.5 cm³/mol. The van der Waals surface area contributed by atoms with Crippen LogP contribution in [0, 0.1) is 0 Å². The van der Waals surface area contributed by atoms with Crippen LogP contribution in [-0.4, -0.2) is 12.1 Å². The average molecular weight is 256 g/mol. The number of fused-ring (bicyclic) bond motifs is 2. The van der Waals surface area contributed by atoms with Gasteiger partial charge in [0.15, 0.2) is 0 Å². The zero-order valence-corrected chi connectivity index (χ0v) is 11.6. The fourth-order valence-electron chi connectivity index (χ4n) is 3.14. The molecule has 1 heterocycles. The normalized spacial score (nSPS) is 16.2. The second kappa shape index (κ2) is 4.82. The molecule has 100 valence electrons. The van der Waals surface area contributed by atoms with E-state index in [1.54, 1.807) is 7.11 Å². The zero-order valence-electron chi connectivity index (χ0n) is 11.6. The Morgan fingerprint density at radius 3 is 2.79 bits per heavy atom. The Morgan fingerprint density at radius 2 is 2.05 bits per heavy atom. The van der Waals surface area contributed by atoms with Crippen molar-refractivity contribution in [2.45, 2.75) is 38.6 Å². The van der Waals surface area contributed by atoms with Crippen LogP contribution in [0.3, 0.4) is 0 Å². The first-order valence-corrected chi connectivity index (χ1v) is 6.96. The molecule has 3 rings (SSSR count). The largest absolute Gasteiger partial charge is 0.494 e. The summed E-state index contributed by atoms with van der Waals surface area (Å²) in [6, 6.07) is 6.13. The van der Waals surface area contributed by atoms with E-state index >= 15 is 0 Å². The molecule has 3 heteroatoms. The van der Waals surface area contributed by atoms with E-state index in [4.69, 9.17) is 15.5 Å². The molecular formula is C16H20N2O. The average Bonchev–Trinajstić information content (AvgIpc) is 2.43. The Morgan fingerprint density at radius 1 is 1.26 bits per heavy atom. The molecule has 1 aliphatic carbocycles. The van der Waals surface area contributed by atoms with Crippen molar-refractivity contribution < 1.29 is 4.74 Å². The van der Waals surface area contributed by atoms with Gasteiger partial charge < -0.3 is 10.5 Å². The maximum Gasteiger partial charge on any atom is 0.145 e. The summed E-state index contributed by atoms with van der Waals surface area (Å²) in [5.41, 5.74) is 11.0. The van der Waals surface area contributed by atoms with E-state index in [0.29, 0.717) is 0 Å². The number of benzene rings is 1. The van der Waals surface area contributed by atoms with Crippen molar-refractivity contribution in [1.82, 2.24) is 4.98 Å². The molecule has 0 saturated heterocycles. The van der Waals surface area contributed by atoms with Gasteiger partial charge in [0, 0.05) is 17.1 Å². The van der Waals surface area contributed by atoms with E-state index in [1.165, 1.54) is 29.7 Å². The first-order valence-electron chi connectivity index (χ1n) is 6.96. The maximum atomic E-state index is 6.23. The van der Waals surface area contributed by atoms with E-state index in [-0.39, 0.29) is 6.04 Å². The molecule has 0 radical (unpaired) electrons. The SMILES string of the molecule is COc1cccc2c(C(C)N)c3c(nc12)CCCC3. The van der Waals surface area contributed by atoms with Crippen molar-refractivity contribution >= 4 is 10.9 Å². The molecule has 0 spiro atoms. The predicted octanol–water partition coefficient (Wildman–Crippen LogP) is 3.14. The van der Waals surface area contributed by atoms with Crippen LogP contribution in [0.1, 0.15) is 42.6 Å². The van der Waals surface area contributed by atoms with Gasteiger partial charge in [-0.15, -0.1) is 0 Å². The summed E-state index contributed by atoms with van der Waals surface area (Å²) in [6.07, 6.45) is 4.62. The number of ether oxygens (including phenoxy) is 1. The summed E-state index contributed by atoms with van der Waals surface area (Å²) in [4.78, 5) is 4.85. The van der Waals surface area contributed by atoms with Gasteiger partial charge in [0.2, 0.25) is 0 Å². The number of aryl methyl sites for hydroxylation is 1. The van der Waals surface area contributed by atoms with Gasteiger partial charge in [0.1, 0.15) is 11.3 Å². The van der Waals surface area contributed by atoms with E-state index in [2.05, 4.69) is 13.0 Å². The van der Waals surface area contributed by atoms with Crippen LogP contribution >= 0.6 is 0 Å². The Balaban J connectivity index is 2.38. The molecule has 0 saturated carbocycles. The quantitative estimate of drug-likeness (QED) is 0.898. The van der Waals surface area contributed by atoms with Gasteiger partial charge in [-0.1, -0.05) is 12.1 Å². The molecule has 0 bridgehead atoms. The van der Waals surface area contributed by atoms with Gasteiger partial charge in [0.05, 0.1) is 7.11 Å². The minimum absolute atomic E-state index is 0.0319. The molecular weight excluding hydrogens is 236 g/mol. The smallest absolute Gasteiger partial charge is 0.145 e. The van der Waals surface area contributed by atoms with Gasteiger partial charge >= 0.3 is 0 Å². The number of aromatic nitrogens is 1. The Kier molecular flexibility index (Phi) is 3.15. The van der Waals surface area contributed by atoms with Crippen molar-refractivity contribution in [3.8, 4) is 5.75 Å². The molecule has 19 heavy (non-hydrogen) atoms. The third-order valence-corrected chi connectivity index (χ3v) is 3.98. The molecule has 0 aliphatic heterocycles. The lowest BCUT2D eigenvalue weighted by atomic mass is 9.87. The number of rotatable bonds is 2. The molecule has 2 aromatic rings. The molecule has 1 atom stereocenters. The number of pyridine rings is 1. The highest BCUT2D eigenvalue weighted by molar-refractivity contribution is 5.89. The summed E-state index contributed by atoms with van der Waals surface area (Å²) in [5.74, 6) is 0.841. The van der Waals surface area contributed by atoms with Crippen LogP contribution in [0.15, 0.2) is 18.2 Å². The molecule has 1 unspecified atom stereocenters. The second-order valence-electron chi connectivity index (χ2n) is 5.30. The summed E-state index contributed by atoms with van der Waals surface area (Å²) in [7, 11) is 1.70. The van der Waals surface area contributed by atoms with Gasteiger partial charge in [0.25, 0.3) is 0 Å². The minimum atomic E-state index is 0.0319. The number of nitrogens with zero attached hydrogens (tertiary/aromatic N) is 1. The zero-order chi connectivity index (χ0) is 13.4. The van der Waals surface area contributed by atoms with Crippen LogP contribution in [0.4, 0.5) is 0 Å². The van der Waals surface area contributed by atoms with Crippen LogP contribution in [-0.2, 0) is 12.8 Å². The standard InChI is InChI=1S/C16H20N2O/c1-10(17)15-11-6-3-4-8-13(11)18-16-12(15)7-5-9-14(16)19-2/h5,7,9-10H,3-4,6,8,17H2,1-2H3. The van der Waals surface area contributed by atoms with Crippen LogP contribution in [0.25, 0.3) is 10.9 Å². The fourth-order valence-corrected chi connectivity index (χ4v) is 3.14. The van der Waals surface area contributed by atoms with Crippen molar-refractivity contribution in [3.63, 3.8) is 0 Å². The third kappa shape index (κ3) is 1.98. The lowest BCUT2D eigenvalue weighted by molar-refractivity contribution is 0.418. The maximum absolute atomic E-state index is 6.23. The molecule has 0 amide bonds. The number of nitrogens with two attached hydrogens (primary N) is 1. The van der Waals surface area contributed by atoms with E-state index in [9.17, 15) is 0 Å². The van der Waals surface area contributed by atoms with Crippen molar-refractivity contribution in [1.29, 1.82) is 0 Å². The van der Waals surface area contributed by atoms with Gasteiger partial charge in [-0.05, 0) is 49.8 Å². The highest BCUT2D eigenvalue weighted by Crippen LogP contribution is 2.35. The molecule has 0 fully saturated rings. The summed E-state index contributed by atoms with van der Waals surface area (Å²) >= 11 is 0. The third-order valence-electron chi connectivity index (χ3n) is 3.98. The Hall–Kier alpha value is -1.61. The first-order chi connectivity index (χ1) is 9.22. The van der Waals surface area contributed by atoms with E-state index < -0.39 is 0 Å². The van der Waals surface area contributed by atoms with E-state index in [1.807, 2.05) is 12.1 Å². The molecule has 1 aliphatic rings.